The lowest BCUT2D eigenvalue weighted by Crippen LogP contribution is -2.33. The second-order valence-electron chi connectivity index (χ2n) is 3.26. The molecule has 0 N–H and O–H groups in total. The van der Waals surface area contributed by atoms with E-state index in [1.807, 2.05) is 13.8 Å². The molecule has 1 rings (SSSR count). The van der Waals surface area contributed by atoms with Crippen LogP contribution in [0.15, 0.2) is 24.3 Å². The predicted molar refractivity (Wildman–Crippen MR) is 63.6 cm³/mol. The molecular weight excluding hydrogens is 204 g/mol. The van der Waals surface area contributed by atoms with Crippen molar-refractivity contribution in [2.45, 2.75) is 26.7 Å². The van der Waals surface area contributed by atoms with Crippen molar-refractivity contribution in [3.63, 3.8) is 0 Å². The summed E-state index contributed by atoms with van der Waals surface area (Å²) in [5.74, 6) is -0.0817. The smallest absolute Gasteiger partial charge is 0.157 e. The third kappa shape index (κ3) is 4.60. The van der Waals surface area contributed by atoms with Crippen LogP contribution in [-0.2, 0) is 9.47 Å². The molecule has 0 spiro atoms. The summed E-state index contributed by atoms with van der Waals surface area (Å²) >= 11 is 0. The molecule has 0 saturated carbocycles. The Bertz CT molecular complexity index is 283. The molecule has 0 bridgehead atoms. The van der Waals surface area contributed by atoms with Crippen LogP contribution in [-0.4, -0.2) is 28.6 Å². The molecule has 0 amide bonds. The average Bonchev–Trinajstić information content (AvgIpc) is 2.18. The molecule has 0 saturated heterocycles. The molecule has 2 nitrogen and oxygen atoms in total. The Morgan fingerprint density at radius 2 is 1.87 bits per heavy atom. The minimum Gasteiger partial charge on any atom is -0.357 e. The monoisotopic (exact) mass is 222 g/mol. The summed E-state index contributed by atoms with van der Waals surface area (Å²) in [5.41, 5.74) is 1.28. The molecule has 1 aromatic carbocycles. The molecule has 0 aliphatic heterocycles. The summed E-state index contributed by atoms with van der Waals surface area (Å²) in [5, 5.41) is 1.29. The maximum absolute atomic E-state index is 5.52. The van der Waals surface area contributed by atoms with E-state index in [-0.39, 0.29) is 5.91 Å². The number of hydrogen-bond donors (Lipinski definition) is 0. The Labute approximate surface area is 94.4 Å². The van der Waals surface area contributed by atoms with E-state index in [1.54, 1.807) is 0 Å². The molecule has 3 heteroatoms. The molecule has 0 heterocycles. The number of aryl methyl sites for hydroxylation is 1. The fourth-order valence-corrected chi connectivity index (χ4v) is 2.58. The topological polar surface area (TPSA) is 18.5 Å². The van der Waals surface area contributed by atoms with Crippen molar-refractivity contribution in [2.75, 3.05) is 13.2 Å². The van der Waals surface area contributed by atoms with Crippen LogP contribution < -0.4 is 5.19 Å². The second-order valence-corrected chi connectivity index (χ2v) is 4.59. The van der Waals surface area contributed by atoms with Gasteiger partial charge < -0.3 is 9.47 Å². The first kappa shape index (κ1) is 12.4. The van der Waals surface area contributed by atoms with Crippen molar-refractivity contribution >= 4 is 14.7 Å². The largest absolute Gasteiger partial charge is 0.357 e. The lowest BCUT2D eigenvalue weighted by Gasteiger charge is -2.16. The Morgan fingerprint density at radius 3 is 2.40 bits per heavy atom. The second kappa shape index (κ2) is 6.77. The van der Waals surface area contributed by atoms with Gasteiger partial charge in [-0.1, -0.05) is 35.0 Å². The van der Waals surface area contributed by atoms with Gasteiger partial charge in [0.25, 0.3) is 0 Å². The van der Waals surface area contributed by atoms with Gasteiger partial charge in [-0.15, -0.1) is 0 Å². The number of hydrogen-bond acceptors (Lipinski definition) is 2. The van der Waals surface area contributed by atoms with Gasteiger partial charge >= 0.3 is 0 Å². The van der Waals surface area contributed by atoms with Crippen LogP contribution in [0.25, 0.3) is 0 Å². The highest BCUT2D eigenvalue weighted by atomic mass is 28.2. The molecule has 0 fully saturated rings. The minimum atomic E-state index is -0.0817. The van der Waals surface area contributed by atoms with Gasteiger partial charge in [0.1, 0.15) is 5.91 Å². The van der Waals surface area contributed by atoms with E-state index in [9.17, 15) is 0 Å². The maximum atomic E-state index is 5.52. The molecule has 15 heavy (non-hydrogen) atoms. The molecule has 0 unspecified atom stereocenters. The zero-order chi connectivity index (χ0) is 11.1. The molecule has 1 aromatic rings. The van der Waals surface area contributed by atoms with Crippen molar-refractivity contribution < 1.29 is 9.47 Å². The predicted octanol–water partition coefficient (Wildman–Crippen LogP) is 1.68. The quantitative estimate of drug-likeness (QED) is 0.538. The molecule has 0 aromatic heterocycles. The van der Waals surface area contributed by atoms with Crippen LogP contribution >= 0.6 is 0 Å². The van der Waals surface area contributed by atoms with E-state index in [1.165, 1.54) is 10.8 Å². The Balaban J connectivity index is 2.56. The van der Waals surface area contributed by atoms with E-state index in [0.717, 1.165) is 0 Å². The van der Waals surface area contributed by atoms with Crippen LogP contribution in [0.3, 0.4) is 0 Å². The van der Waals surface area contributed by atoms with E-state index in [4.69, 9.17) is 9.47 Å². The number of ether oxygens (including phenoxy) is 2. The normalized spacial score (nSPS) is 10.9. The van der Waals surface area contributed by atoms with Crippen molar-refractivity contribution in [1.82, 2.24) is 0 Å². The molecule has 82 valence electrons. The van der Waals surface area contributed by atoms with Gasteiger partial charge in [-0.25, -0.2) is 0 Å². The molecule has 0 atom stereocenters. The van der Waals surface area contributed by atoms with Gasteiger partial charge in [0.2, 0.25) is 0 Å². The van der Waals surface area contributed by atoms with Gasteiger partial charge in [-0.3, -0.25) is 0 Å². The van der Waals surface area contributed by atoms with Crippen LogP contribution in [0.1, 0.15) is 19.4 Å². The molecule has 0 aliphatic carbocycles. The summed E-state index contributed by atoms with van der Waals surface area (Å²) in [6, 6.07) is 8.48. The zero-order valence-electron chi connectivity index (χ0n) is 9.62. The maximum Gasteiger partial charge on any atom is 0.157 e. The summed E-state index contributed by atoms with van der Waals surface area (Å²) in [7, 11) is 0.561. The van der Waals surface area contributed by atoms with Crippen LogP contribution in [0.4, 0.5) is 0 Å². The SMILES string of the molecule is CCOC(OCC)[Si]c1cccc(C)c1. The van der Waals surface area contributed by atoms with Crippen LogP contribution in [0, 0.1) is 6.92 Å². The minimum absolute atomic E-state index is 0.0817. The first-order chi connectivity index (χ1) is 7.26. The van der Waals surface area contributed by atoms with Crippen molar-refractivity contribution in [1.29, 1.82) is 0 Å². The number of rotatable bonds is 6. The Kier molecular flexibility index (Phi) is 5.61. The van der Waals surface area contributed by atoms with Crippen molar-refractivity contribution in [3.05, 3.63) is 29.8 Å². The third-order valence-corrected chi connectivity index (χ3v) is 3.15. The fourth-order valence-electron chi connectivity index (χ4n) is 1.31. The highest BCUT2D eigenvalue weighted by molar-refractivity contribution is 6.54. The van der Waals surface area contributed by atoms with Gasteiger partial charge in [0, 0.05) is 13.2 Å². The highest BCUT2D eigenvalue weighted by Gasteiger charge is 2.10. The van der Waals surface area contributed by atoms with Crippen molar-refractivity contribution in [3.8, 4) is 0 Å². The summed E-state index contributed by atoms with van der Waals surface area (Å²) < 4.78 is 11.0. The highest BCUT2D eigenvalue weighted by Crippen LogP contribution is 1.97. The van der Waals surface area contributed by atoms with E-state index < -0.39 is 0 Å². The van der Waals surface area contributed by atoms with Gasteiger partial charge in [-0.05, 0) is 20.8 Å². The fraction of sp³-hybridized carbons (Fsp3) is 0.500. The first-order valence-corrected chi connectivity index (χ1v) is 6.40. The Hall–Kier alpha value is -0.643. The lowest BCUT2D eigenvalue weighted by atomic mass is 10.2. The average molecular weight is 222 g/mol. The summed E-state index contributed by atoms with van der Waals surface area (Å²) in [6.45, 7) is 7.48. The summed E-state index contributed by atoms with van der Waals surface area (Å²) in [6.07, 6.45) is 0. The third-order valence-electron chi connectivity index (χ3n) is 1.94. The molecule has 2 radical (unpaired) electrons. The Morgan fingerprint density at radius 1 is 1.20 bits per heavy atom. The van der Waals surface area contributed by atoms with Crippen LogP contribution in [0.2, 0.25) is 0 Å². The van der Waals surface area contributed by atoms with E-state index in [2.05, 4.69) is 31.2 Å². The lowest BCUT2D eigenvalue weighted by molar-refractivity contribution is -0.0817. The van der Waals surface area contributed by atoms with Gasteiger partial charge in [-0.2, -0.15) is 0 Å². The van der Waals surface area contributed by atoms with E-state index >= 15 is 0 Å². The van der Waals surface area contributed by atoms with Gasteiger partial charge in [0.15, 0.2) is 9.52 Å². The first-order valence-electron chi connectivity index (χ1n) is 5.32. The molecule has 0 aliphatic rings. The van der Waals surface area contributed by atoms with Gasteiger partial charge in [0.05, 0.1) is 0 Å². The van der Waals surface area contributed by atoms with Crippen LogP contribution in [0.5, 0.6) is 0 Å². The van der Waals surface area contributed by atoms with Crippen molar-refractivity contribution in [2.24, 2.45) is 0 Å². The summed E-state index contributed by atoms with van der Waals surface area (Å²) in [4.78, 5) is 0. The number of benzene rings is 1. The zero-order valence-corrected chi connectivity index (χ0v) is 10.6. The standard InChI is InChI=1S/C12H18O2Si/c1-4-13-12(14-5-2)15-11-8-6-7-10(3)9-11/h6-9,12H,4-5H2,1-3H3. The van der Waals surface area contributed by atoms with E-state index in [0.29, 0.717) is 22.7 Å². The molecular formula is C12H18O2Si.